The van der Waals surface area contributed by atoms with Gasteiger partial charge in [0.1, 0.15) is 6.10 Å². The average Bonchev–Trinajstić information content (AvgIpc) is 3.03. The van der Waals surface area contributed by atoms with Crippen LogP contribution in [-0.2, 0) is 4.79 Å². The highest BCUT2D eigenvalue weighted by Crippen LogP contribution is 2.15. The summed E-state index contributed by atoms with van der Waals surface area (Å²) in [4.78, 5) is 12.4. The van der Waals surface area contributed by atoms with Crippen LogP contribution in [0.3, 0.4) is 0 Å². The minimum Gasteiger partial charge on any atom is -0.394 e. The van der Waals surface area contributed by atoms with Crippen molar-refractivity contribution in [3.05, 3.63) is 12.2 Å². The van der Waals surface area contributed by atoms with E-state index in [4.69, 9.17) is 0 Å². The third-order valence-corrected chi connectivity index (χ3v) is 9.13. The molecule has 3 atom stereocenters. The number of carbonyl (C=O) groups excluding carboxylic acids is 1. The lowest BCUT2D eigenvalue weighted by Gasteiger charge is -2.23. The Morgan fingerprint density at radius 3 is 1.25 bits per heavy atom. The molecular weight excluding hydrogens is 546 g/mol. The Bertz CT molecular complexity index is 611. The summed E-state index contributed by atoms with van der Waals surface area (Å²) in [5, 5.41) is 33.1. The Morgan fingerprint density at radius 2 is 0.864 bits per heavy atom. The summed E-state index contributed by atoms with van der Waals surface area (Å²) in [7, 11) is 0. The van der Waals surface area contributed by atoms with Gasteiger partial charge < -0.3 is 20.6 Å². The van der Waals surface area contributed by atoms with Gasteiger partial charge in [-0.05, 0) is 38.5 Å². The fourth-order valence-corrected chi connectivity index (χ4v) is 6.01. The molecule has 0 aromatic heterocycles. The number of aliphatic hydroxyl groups is 3. The summed E-state index contributed by atoms with van der Waals surface area (Å²) in [5.41, 5.74) is 0. The van der Waals surface area contributed by atoms with Crippen molar-refractivity contribution in [1.82, 2.24) is 5.32 Å². The van der Waals surface area contributed by atoms with Crippen molar-refractivity contribution in [1.29, 1.82) is 0 Å². The Kier molecular flexibility index (Phi) is 34.2. The number of rotatable bonds is 35. The lowest BCUT2D eigenvalue weighted by molar-refractivity contribution is -0.131. The second-order valence-corrected chi connectivity index (χ2v) is 13.5. The molecule has 0 aromatic rings. The molecule has 4 N–H and O–H groups in total. The number of allylic oxidation sites excluding steroid dienone is 2. The summed E-state index contributed by atoms with van der Waals surface area (Å²) in [6.45, 7) is 4.22. The Labute approximate surface area is 274 Å². The summed E-state index contributed by atoms with van der Waals surface area (Å²) < 4.78 is 0. The average molecular weight is 624 g/mol. The number of hydrogen-bond donors (Lipinski definition) is 4. The molecule has 0 heterocycles. The van der Waals surface area contributed by atoms with Gasteiger partial charge in [-0.25, -0.2) is 0 Å². The molecule has 44 heavy (non-hydrogen) atoms. The molecule has 0 saturated carbocycles. The predicted molar refractivity (Wildman–Crippen MR) is 190 cm³/mol. The highest BCUT2D eigenvalue weighted by Gasteiger charge is 2.23. The molecule has 0 radical (unpaired) electrons. The van der Waals surface area contributed by atoms with Gasteiger partial charge in [0.25, 0.3) is 0 Å². The van der Waals surface area contributed by atoms with Crippen LogP contribution in [0.2, 0.25) is 0 Å². The van der Waals surface area contributed by atoms with Gasteiger partial charge in [0.15, 0.2) is 0 Å². The highest BCUT2D eigenvalue weighted by atomic mass is 16.3. The zero-order valence-corrected chi connectivity index (χ0v) is 29.6. The van der Waals surface area contributed by atoms with Crippen molar-refractivity contribution >= 4 is 5.91 Å². The summed E-state index contributed by atoms with van der Waals surface area (Å²) >= 11 is 0. The first-order valence-electron chi connectivity index (χ1n) is 19.5. The van der Waals surface area contributed by atoms with Crippen molar-refractivity contribution in [3.8, 4) is 0 Å². The van der Waals surface area contributed by atoms with Crippen molar-refractivity contribution in [2.75, 3.05) is 6.61 Å². The first-order chi connectivity index (χ1) is 21.6. The monoisotopic (exact) mass is 624 g/mol. The van der Waals surface area contributed by atoms with E-state index in [1.165, 1.54) is 135 Å². The number of unbranched alkanes of at least 4 members (excludes halogenated alkanes) is 25. The van der Waals surface area contributed by atoms with Crippen molar-refractivity contribution in [3.63, 3.8) is 0 Å². The third kappa shape index (κ3) is 29.8. The minimum absolute atomic E-state index is 0.315. The van der Waals surface area contributed by atoms with Crippen LogP contribution < -0.4 is 5.32 Å². The second kappa shape index (κ2) is 35.0. The molecule has 3 unspecified atom stereocenters. The Morgan fingerprint density at radius 1 is 0.523 bits per heavy atom. The molecule has 1 amide bonds. The maximum atomic E-state index is 12.4. The first-order valence-corrected chi connectivity index (χ1v) is 19.5. The Hall–Kier alpha value is -0.910. The number of hydrogen-bond acceptors (Lipinski definition) is 4. The van der Waals surface area contributed by atoms with Crippen molar-refractivity contribution < 1.29 is 20.1 Å². The van der Waals surface area contributed by atoms with Gasteiger partial charge in [-0.1, -0.05) is 180 Å². The normalized spacial score (nSPS) is 13.8. The standard InChI is InChI=1S/C39H77NO4/c1-3-5-7-9-11-13-15-17-18-19-20-22-24-26-28-30-32-34-38(43)39(44)40-36(35-41)37(42)33-31-29-27-25-23-21-16-14-12-10-8-6-4-2/h20,22,36-38,41-43H,3-19,21,23-35H2,1-2H3,(H,40,44)/b22-20-. The molecule has 0 spiro atoms. The van der Waals surface area contributed by atoms with Crippen LogP contribution in [0.15, 0.2) is 12.2 Å². The van der Waals surface area contributed by atoms with E-state index in [0.29, 0.717) is 12.8 Å². The van der Waals surface area contributed by atoms with Gasteiger partial charge in [0, 0.05) is 0 Å². The van der Waals surface area contributed by atoms with Crippen LogP contribution in [0, 0.1) is 0 Å². The van der Waals surface area contributed by atoms with E-state index in [9.17, 15) is 20.1 Å². The van der Waals surface area contributed by atoms with E-state index in [0.717, 1.165) is 44.9 Å². The van der Waals surface area contributed by atoms with E-state index in [-0.39, 0.29) is 6.61 Å². The molecule has 0 aliphatic rings. The molecular formula is C39H77NO4. The number of nitrogens with one attached hydrogen (secondary N) is 1. The molecule has 0 bridgehead atoms. The van der Waals surface area contributed by atoms with Gasteiger partial charge in [-0.2, -0.15) is 0 Å². The SMILES string of the molecule is CCCCCCCCCCC/C=C\CCCCCCC(O)C(=O)NC(CO)C(O)CCCCCCCCCCCCCCC. The fraction of sp³-hybridized carbons (Fsp3) is 0.923. The maximum Gasteiger partial charge on any atom is 0.249 e. The van der Waals surface area contributed by atoms with Crippen molar-refractivity contribution in [2.45, 2.75) is 225 Å². The van der Waals surface area contributed by atoms with Gasteiger partial charge in [-0.3, -0.25) is 4.79 Å². The van der Waals surface area contributed by atoms with Gasteiger partial charge in [-0.15, -0.1) is 0 Å². The maximum absolute atomic E-state index is 12.4. The topological polar surface area (TPSA) is 89.8 Å². The zero-order chi connectivity index (χ0) is 32.4. The fourth-order valence-electron chi connectivity index (χ4n) is 6.01. The van der Waals surface area contributed by atoms with E-state index in [2.05, 4.69) is 31.3 Å². The molecule has 0 aromatic carbocycles. The molecule has 5 heteroatoms. The number of carbonyl (C=O) groups is 1. The number of aliphatic hydroxyl groups excluding tert-OH is 3. The van der Waals surface area contributed by atoms with Crippen LogP contribution >= 0.6 is 0 Å². The first kappa shape index (κ1) is 43.1. The molecule has 0 saturated heterocycles. The second-order valence-electron chi connectivity index (χ2n) is 13.5. The van der Waals surface area contributed by atoms with Crippen LogP contribution in [0.4, 0.5) is 0 Å². The van der Waals surface area contributed by atoms with E-state index in [1.807, 2.05) is 0 Å². The minimum atomic E-state index is -1.08. The molecule has 0 aliphatic carbocycles. The van der Waals surface area contributed by atoms with Gasteiger partial charge >= 0.3 is 0 Å². The van der Waals surface area contributed by atoms with Crippen LogP contribution in [0.5, 0.6) is 0 Å². The molecule has 0 fully saturated rings. The smallest absolute Gasteiger partial charge is 0.249 e. The van der Waals surface area contributed by atoms with E-state index < -0.39 is 24.2 Å². The van der Waals surface area contributed by atoms with Gasteiger partial charge in [0.2, 0.25) is 5.91 Å². The molecule has 0 aliphatic heterocycles. The largest absolute Gasteiger partial charge is 0.394 e. The lowest BCUT2D eigenvalue weighted by Crippen LogP contribution is -2.49. The quantitative estimate of drug-likeness (QED) is 0.0418. The lowest BCUT2D eigenvalue weighted by atomic mass is 10.0. The number of amides is 1. The van der Waals surface area contributed by atoms with Gasteiger partial charge in [0.05, 0.1) is 18.8 Å². The Balaban J connectivity index is 3.68. The van der Waals surface area contributed by atoms with E-state index >= 15 is 0 Å². The molecule has 5 nitrogen and oxygen atoms in total. The summed E-state index contributed by atoms with van der Waals surface area (Å²) in [5.74, 6) is -0.479. The highest BCUT2D eigenvalue weighted by molar-refractivity contribution is 5.80. The van der Waals surface area contributed by atoms with Crippen LogP contribution in [0.25, 0.3) is 0 Å². The van der Waals surface area contributed by atoms with Crippen LogP contribution in [0.1, 0.15) is 206 Å². The summed E-state index contributed by atoms with van der Waals surface area (Å²) in [6.07, 6.45) is 39.1. The molecule has 0 rings (SSSR count). The van der Waals surface area contributed by atoms with E-state index in [1.54, 1.807) is 0 Å². The van der Waals surface area contributed by atoms with Crippen molar-refractivity contribution in [2.24, 2.45) is 0 Å². The molecule has 262 valence electrons. The third-order valence-electron chi connectivity index (χ3n) is 9.13. The predicted octanol–water partition coefficient (Wildman–Crippen LogP) is 10.5. The van der Waals surface area contributed by atoms with Crippen LogP contribution in [-0.4, -0.2) is 46.1 Å². The summed E-state index contributed by atoms with van der Waals surface area (Å²) in [6, 6.07) is -0.711. The zero-order valence-electron chi connectivity index (χ0n) is 29.6.